The molecule has 0 aliphatic carbocycles. The van der Waals surface area contributed by atoms with Crippen LogP contribution in [-0.4, -0.2) is 65.9 Å². The average Bonchev–Trinajstić information content (AvgIpc) is 2.79. The molecule has 31 heavy (non-hydrogen) atoms. The highest BCUT2D eigenvalue weighted by Gasteiger charge is 2.28. The number of ether oxygens (including phenoxy) is 1. The first-order valence-corrected chi connectivity index (χ1v) is 10.1. The monoisotopic (exact) mass is 426 g/mol. The van der Waals surface area contributed by atoms with Crippen LogP contribution >= 0.6 is 0 Å². The summed E-state index contributed by atoms with van der Waals surface area (Å²) in [5.41, 5.74) is 1.31. The lowest BCUT2D eigenvalue weighted by Crippen LogP contribution is -2.51. The Morgan fingerprint density at radius 1 is 1.13 bits per heavy atom. The summed E-state index contributed by atoms with van der Waals surface area (Å²) in [7, 11) is 1.56. The fourth-order valence-corrected chi connectivity index (χ4v) is 3.53. The highest BCUT2D eigenvalue weighted by Crippen LogP contribution is 2.25. The van der Waals surface area contributed by atoms with Gasteiger partial charge in [0.15, 0.2) is 6.10 Å². The van der Waals surface area contributed by atoms with Crippen molar-refractivity contribution in [3.63, 3.8) is 0 Å². The predicted molar refractivity (Wildman–Crippen MR) is 116 cm³/mol. The van der Waals surface area contributed by atoms with E-state index in [4.69, 9.17) is 4.74 Å². The van der Waals surface area contributed by atoms with Crippen LogP contribution in [0.4, 0.5) is 11.4 Å². The number of benzene rings is 2. The Balaban J connectivity index is 1.54. The molecule has 0 saturated carbocycles. The van der Waals surface area contributed by atoms with E-state index in [-0.39, 0.29) is 17.2 Å². The lowest BCUT2D eigenvalue weighted by molar-refractivity contribution is -0.384. The van der Waals surface area contributed by atoms with Crippen molar-refractivity contribution in [1.29, 1.82) is 0 Å². The van der Waals surface area contributed by atoms with Crippen LogP contribution in [0.1, 0.15) is 22.8 Å². The number of rotatable bonds is 7. The minimum atomic E-state index is -0.976. The van der Waals surface area contributed by atoms with Gasteiger partial charge in [-0.1, -0.05) is 30.3 Å². The molecule has 2 aromatic rings. The topological polar surface area (TPSA) is 105 Å². The normalized spacial score (nSPS) is 15.2. The van der Waals surface area contributed by atoms with Crippen molar-refractivity contribution in [2.24, 2.45) is 0 Å². The minimum Gasteiger partial charge on any atom is -0.449 e. The second-order valence-electron chi connectivity index (χ2n) is 7.37. The van der Waals surface area contributed by atoms with Gasteiger partial charge in [0.05, 0.1) is 10.5 Å². The molecule has 1 atom stereocenters. The molecule has 0 unspecified atom stereocenters. The molecule has 0 aromatic heterocycles. The quantitative estimate of drug-likeness (QED) is 0.412. The average molecular weight is 426 g/mol. The molecule has 1 aliphatic heterocycles. The van der Waals surface area contributed by atoms with Crippen LogP contribution in [0.2, 0.25) is 0 Å². The molecular weight excluding hydrogens is 400 g/mol. The van der Waals surface area contributed by atoms with Crippen LogP contribution in [0, 0.1) is 10.1 Å². The Morgan fingerprint density at radius 3 is 2.42 bits per heavy atom. The van der Waals surface area contributed by atoms with Gasteiger partial charge in [-0.2, -0.15) is 0 Å². The van der Waals surface area contributed by atoms with Crippen LogP contribution < -0.4 is 5.32 Å². The number of carbonyl (C=O) groups is 2. The first-order valence-electron chi connectivity index (χ1n) is 10.1. The van der Waals surface area contributed by atoms with Crippen LogP contribution in [0.25, 0.3) is 0 Å². The predicted octanol–water partition coefficient (Wildman–Crippen LogP) is 2.53. The molecule has 0 radical (unpaired) electrons. The van der Waals surface area contributed by atoms with Crippen LogP contribution in [0.3, 0.4) is 0 Å². The van der Waals surface area contributed by atoms with Crippen molar-refractivity contribution in [1.82, 2.24) is 9.80 Å². The third-order valence-corrected chi connectivity index (χ3v) is 5.26. The van der Waals surface area contributed by atoms with E-state index >= 15 is 0 Å². The smallest absolute Gasteiger partial charge is 0.339 e. The van der Waals surface area contributed by atoms with Crippen LogP contribution in [-0.2, 0) is 16.1 Å². The summed E-state index contributed by atoms with van der Waals surface area (Å²) in [5, 5.41) is 13.9. The molecule has 3 rings (SSSR count). The van der Waals surface area contributed by atoms with Crippen LogP contribution in [0.5, 0.6) is 0 Å². The number of esters is 1. The first kappa shape index (κ1) is 22.2. The SMILES string of the molecule is CNc1ccc(C(=O)O[C@@H](C)C(=O)N2CCN(Cc3ccccc3)CC2)cc1[N+](=O)[O-]. The second-order valence-corrected chi connectivity index (χ2v) is 7.37. The van der Waals surface area contributed by atoms with E-state index in [1.54, 1.807) is 11.9 Å². The first-order chi connectivity index (χ1) is 14.9. The zero-order valence-corrected chi connectivity index (χ0v) is 17.6. The highest BCUT2D eigenvalue weighted by molar-refractivity contribution is 5.93. The van der Waals surface area contributed by atoms with E-state index in [2.05, 4.69) is 22.3 Å². The van der Waals surface area contributed by atoms with Gasteiger partial charge in [-0.15, -0.1) is 0 Å². The number of hydrogen-bond acceptors (Lipinski definition) is 7. The number of nitrogens with zero attached hydrogens (tertiary/aromatic N) is 3. The maximum absolute atomic E-state index is 12.7. The summed E-state index contributed by atoms with van der Waals surface area (Å²) in [6, 6.07) is 14.2. The third-order valence-electron chi connectivity index (χ3n) is 5.26. The number of anilines is 1. The van der Waals surface area contributed by atoms with Gasteiger partial charge < -0.3 is 15.0 Å². The fourth-order valence-electron chi connectivity index (χ4n) is 3.53. The van der Waals surface area contributed by atoms with E-state index in [0.717, 1.165) is 25.7 Å². The highest BCUT2D eigenvalue weighted by atomic mass is 16.6. The summed E-state index contributed by atoms with van der Waals surface area (Å²) in [6.45, 7) is 4.92. The van der Waals surface area contributed by atoms with Crippen molar-refractivity contribution in [2.45, 2.75) is 19.6 Å². The molecule has 1 heterocycles. The van der Waals surface area contributed by atoms with Gasteiger partial charge in [-0.05, 0) is 24.6 Å². The Bertz CT molecular complexity index is 942. The Labute approximate surface area is 180 Å². The number of nitro groups is 1. The van der Waals surface area contributed by atoms with Gasteiger partial charge in [-0.3, -0.25) is 19.8 Å². The summed E-state index contributed by atoms with van der Waals surface area (Å²) >= 11 is 0. The lowest BCUT2D eigenvalue weighted by atomic mass is 10.1. The van der Waals surface area contributed by atoms with Crippen molar-refractivity contribution in [3.8, 4) is 0 Å². The summed E-state index contributed by atoms with van der Waals surface area (Å²) in [6.07, 6.45) is -0.976. The number of amides is 1. The maximum Gasteiger partial charge on any atom is 0.339 e. The standard InChI is InChI=1S/C22H26N4O5/c1-16(31-22(28)18-8-9-19(23-2)20(14-18)26(29)30)21(27)25-12-10-24(11-13-25)15-17-6-4-3-5-7-17/h3-9,14,16,23H,10-13,15H2,1-2H3/t16-/m0/s1. The lowest BCUT2D eigenvalue weighted by Gasteiger charge is -2.35. The van der Waals surface area contributed by atoms with Crippen molar-refractivity contribution >= 4 is 23.3 Å². The number of hydrogen-bond donors (Lipinski definition) is 1. The Hall–Kier alpha value is -3.46. The summed E-state index contributed by atoms with van der Waals surface area (Å²) < 4.78 is 5.30. The second kappa shape index (κ2) is 10.0. The molecule has 164 valence electrons. The van der Waals surface area contributed by atoms with Crippen molar-refractivity contribution in [2.75, 3.05) is 38.5 Å². The molecule has 9 nitrogen and oxygen atoms in total. The van der Waals surface area contributed by atoms with E-state index < -0.39 is 17.0 Å². The van der Waals surface area contributed by atoms with Crippen LogP contribution in [0.15, 0.2) is 48.5 Å². The van der Waals surface area contributed by atoms with Gasteiger partial charge in [0, 0.05) is 45.8 Å². The zero-order chi connectivity index (χ0) is 22.4. The number of piperazine rings is 1. The zero-order valence-electron chi connectivity index (χ0n) is 17.6. The molecule has 2 aromatic carbocycles. The Morgan fingerprint density at radius 2 is 1.81 bits per heavy atom. The van der Waals surface area contributed by atoms with Gasteiger partial charge >= 0.3 is 5.97 Å². The molecule has 1 fully saturated rings. The Kier molecular flexibility index (Phi) is 7.19. The molecular formula is C22H26N4O5. The van der Waals surface area contributed by atoms with E-state index in [1.165, 1.54) is 24.6 Å². The largest absolute Gasteiger partial charge is 0.449 e. The van der Waals surface area contributed by atoms with Gasteiger partial charge in [0.25, 0.3) is 11.6 Å². The minimum absolute atomic E-state index is 0.0260. The van der Waals surface area contributed by atoms with E-state index in [9.17, 15) is 19.7 Å². The van der Waals surface area contributed by atoms with Crippen molar-refractivity contribution < 1.29 is 19.2 Å². The molecule has 1 N–H and O–H groups in total. The van der Waals surface area contributed by atoms with E-state index in [0.29, 0.717) is 18.8 Å². The molecule has 9 heteroatoms. The van der Waals surface area contributed by atoms with Gasteiger partial charge in [0.1, 0.15) is 5.69 Å². The van der Waals surface area contributed by atoms with Gasteiger partial charge in [-0.25, -0.2) is 4.79 Å². The summed E-state index contributed by atoms with van der Waals surface area (Å²) in [4.78, 5) is 39.7. The molecule has 1 aliphatic rings. The molecule has 0 bridgehead atoms. The third kappa shape index (κ3) is 5.58. The van der Waals surface area contributed by atoms with Crippen molar-refractivity contribution in [3.05, 3.63) is 69.8 Å². The number of nitrogens with one attached hydrogen (secondary N) is 1. The number of nitro benzene ring substituents is 1. The number of carbonyl (C=O) groups excluding carboxylic acids is 2. The molecule has 1 saturated heterocycles. The maximum atomic E-state index is 12.7. The molecule has 0 spiro atoms. The molecule has 1 amide bonds. The fraction of sp³-hybridized carbons (Fsp3) is 0.364. The summed E-state index contributed by atoms with van der Waals surface area (Å²) in [5.74, 6) is -1.04. The van der Waals surface area contributed by atoms with Gasteiger partial charge in [0.2, 0.25) is 0 Å². The van der Waals surface area contributed by atoms with E-state index in [1.807, 2.05) is 18.2 Å².